The Morgan fingerprint density at radius 2 is 1.97 bits per heavy atom. The van der Waals surface area contributed by atoms with Gasteiger partial charge in [-0.2, -0.15) is 4.80 Å². The summed E-state index contributed by atoms with van der Waals surface area (Å²) in [6.07, 6.45) is 4.10. The first-order valence-corrected chi connectivity index (χ1v) is 12.7. The van der Waals surface area contributed by atoms with Crippen LogP contribution >= 0.6 is 11.6 Å². The molecule has 0 saturated heterocycles. The highest BCUT2D eigenvalue weighted by Crippen LogP contribution is 2.26. The zero-order valence-corrected chi connectivity index (χ0v) is 21.3. The predicted octanol–water partition coefficient (Wildman–Crippen LogP) is 2.79. The van der Waals surface area contributed by atoms with Gasteiger partial charge in [0, 0.05) is 36.8 Å². The minimum Gasteiger partial charge on any atom is -0.353 e. The highest BCUT2D eigenvalue weighted by atomic mass is 35.5. The van der Waals surface area contributed by atoms with Crippen LogP contribution in [-0.4, -0.2) is 49.6 Å². The van der Waals surface area contributed by atoms with Gasteiger partial charge in [0.05, 0.1) is 11.6 Å². The van der Waals surface area contributed by atoms with E-state index in [9.17, 15) is 14.0 Å². The third kappa shape index (κ3) is 7.30. The van der Waals surface area contributed by atoms with Crippen molar-refractivity contribution in [1.82, 2.24) is 35.8 Å². The quantitative estimate of drug-likeness (QED) is 0.388. The number of carbonyl (C=O) groups excluding carboxylic acids is 2. The molecule has 2 aromatic heterocycles. The Labute approximate surface area is 219 Å². The second-order valence-corrected chi connectivity index (χ2v) is 9.71. The molecule has 0 unspecified atom stereocenters. The van der Waals surface area contributed by atoms with Crippen molar-refractivity contribution in [3.8, 4) is 11.4 Å². The van der Waals surface area contributed by atoms with Crippen LogP contribution in [0.1, 0.15) is 53.8 Å². The fraction of sp³-hybridized carbons (Fsp3) is 0.440. The number of nitrogens with zero attached hydrogens (tertiary/aromatic N) is 5. The number of amides is 2. The molecule has 4 rings (SSSR count). The van der Waals surface area contributed by atoms with E-state index in [1.807, 2.05) is 0 Å². The number of hydrogen-bond acceptors (Lipinski definition) is 7. The molecular weight excluding hydrogens is 499 g/mol. The van der Waals surface area contributed by atoms with Crippen molar-refractivity contribution >= 4 is 23.4 Å². The maximum atomic E-state index is 13.4. The minimum absolute atomic E-state index is 0.000741. The molecule has 1 saturated carbocycles. The van der Waals surface area contributed by atoms with E-state index < -0.39 is 5.82 Å². The van der Waals surface area contributed by atoms with Crippen molar-refractivity contribution < 1.29 is 14.0 Å². The van der Waals surface area contributed by atoms with Gasteiger partial charge in [0.15, 0.2) is 0 Å². The number of nitrogens with one attached hydrogen (secondary N) is 2. The van der Waals surface area contributed by atoms with Gasteiger partial charge in [-0.3, -0.25) is 9.59 Å². The normalized spacial score (nSPS) is 17.4. The Morgan fingerprint density at radius 3 is 2.70 bits per heavy atom. The van der Waals surface area contributed by atoms with Crippen molar-refractivity contribution in [3.63, 3.8) is 0 Å². The van der Waals surface area contributed by atoms with Gasteiger partial charge < -0.3 is 16.4 Å². The van der Waals surface area contributed by atoms with E-state index in [0.717, 1.165) is 25.7 Å². The number of rotatable bonds is 9. The second-order valence-electron chi connectivity index (χ2n) is 9.31. The number of halogens is 2. The summed E-state index contributed by atoms with van der Waals surface area (Å²) in [5.41, 5.74) is 7.61. The molecule has 196 valence electrons. The summed E-state index contributed by atoms with van der Waals surface area (Å²) in [7, 11) is 0. The van der Waals surface area contributed by atoms with Crippen LogP contribution in [0.2, 0.25) is 5.02 Å². The number of aromatic nitrogens is 5. The third-order valence-corrected chi connectivity index (χ3v) is 6.63. The second kappa shape index (κ2) is 12.2. The van der Waals surface area contributed by atoms with Crippen LogP contribution in [0.3, 0.4) is 0 Å². The average Bonchev–Trinajstić information content (AvgIpc) is 3.34. The van der Waals surface area contributed by atoms with Crippen molar-refractivity contribution in [2.45, 2.75) is 58.2 Å². The first-order valence-electron chi connectivity index (χ1n) is 12.3. The number of carbonyl (C=O) groups is 2. The van der Waals surface area contributed by atoms with Gasteiger partial charge in [0.2, 0.25) is 11.7 Å². The lowest BCUT2D eigenvalue weighted by molar-refractivity contribution is -0.121. The van der Waals surface area contributed by atoms with E-state index >= 15 is 0 Å². The smallest absolute Gasteiger partial charge is 0.270 e. The van der Waals surface area contributed by atoms with Crippen molar-refractivity contribution in [1.29, 1.82) is 0 Å². The molecule has 37 heavy (non-hydrogen) atoms. The van der Waals surface area contributed by atoms with Gasteiger partial charge >= 0.3 is 0 Å². The molecule has 1 aliphatic carbocycles. The van der Waals surface area contributed by atoms with E-state index in [4.69, 9.17) is 17.3 Å². The fourth-order valence-corrected chi connectivity index (χ4v) is 4.63. The lowest BCUT2D eigenvalue weighted by atomic mass is 9.86. The summed E-state index contributed by atoms with van der Waals surface area (Å²) in [6.45, 7) is 2.95. The molecule has 1 fully saturated rings. The number of benzene rings is 1. The standard InChI is InChI=1S/C25H30ClFN8O2/c1-15-10-18(12-22(30-15)25(37)29-13-17-4-7-21(27)20(26)11-17)24-32-34-35(33-24)14-16-2-5-19(6-3-16)31-23(36)8-9-28/h4,7,10-12,16,19H,2-3,5-6,8-9,13-14,28H2,1H3,(H,29,37)(H,31,36). The molecule has 0 atom stereocenters. The van der Waals surface area contributed by atoms with Gasteiger partial charge in [0.25, 0.3) is 5.91 Å². The lowest BCUT2D eigenvalue weighted by Gasteiger charge is -2.28. The van der Waals surface area contributed by atoms with Gasteiger partial charge in [-0.05, 0) is 73.6 Å². The molecule has 0 aliphatic heterocycles. The van der Waals surface area contributed by atoms with Crippen LogP contribution in [0.25, 0.3) is 11.4 Å². The Hall–Kier alpha value is -3.44. The van der Waals surface area contributed by atoms with Crippen LogP contribution < -0.4 is 16.4 Å². The Kier molecular flexibility index (Phi) is 8.78. The first kappa shape index (κ1) is 26.6. The number of pyridine rings is 1. The molecule has 2 heterocycles. The zero-order chi connectivity index (χ0) is 26.4. The summed E-state index contributed by atoms with van der Waals surface area (Å²) in [4.78, 5) is 30.4. The van der Waals surface area contributed by atoms with E-state index in [1.165, 1.54) is 12.1 Å². The van der Waals surface area contributed by atoms with Crippen LogP contribution in [0.4, 0.5) is 4.39 Å². The maximum Gasteiger partial charge on any atom is 0.270 e. The van der Waals surface area contributed by atoms with Gasteiger partial charge in [0.1, 0.15) is 11.5 Å². The summed E-state index contributed by atoms with van der Waals surface area (Å²) < 4.78 is 13.4. The van der Waals surface area contributed by atoms with Crippen LogP contribution in [0.5, 0.6) is 0 Å². The van der Waals surface area contributed by atoms with E-state index in [-0.39, 0.29) is 35.1 Å². The molecule has 10 nitrogen and oxygen atoms in total. The number of hydrogen-bond donors (Lipinski definition) is 3. The first-order chi connectivity index (χ1) is 17.8. The van der Waals surface area contributed by atoms with Crippen LogP contribution in [0, 0.1) is 18.7 Å². The molecule has 0 bridgehead atoms. The molecule has 0 radical (unpaired) electrons. The number of nitrogens with two attached hydrogens (primary N) is 1. The molecule has 1 aromatic carbocycles. The minimum atomic E-state index is -0.512. The largest absolute Gasteiger partial charge is 0.353 e. The van der Waals surface area contributed by atoms with Crippen LogP contribution in [-0.2, 0) is 17.9 Å². The molecular formula is C25H30ClFN8O2. The number of tetrazole rings is 1. The van der Waals surface area contributed by atoms with Crippen LogP contribution in [0.15, 0.2) is 30.3 Å². The highest BCUT2D eigenvalue weighted by molar-refractivity contribution is 6.30. The highest BCUT2D eigenvalue weighted by Gasteiger charge is 2.23. The lowest BCUT2D eigenvalue weighted by Crippen LogP contribution is -2.38. The van der Waals surface area contributed by atoms with Gasteiger partial charge in [-0.25, -0.2) is 9.37 Å². The maximum absolute atomic E-state index is 13.4. The van der Waals surface area contributed by atoms with Crippen molar-refractivity contribution in [2.24, 2.45) is 11.7 Å². The monoisotopic (exact) mass is 528 g/mol. The predicted molar refractivity (Wildman–Crippen MR) is 136 cm³/mol. The fourth-order valence-electron chi connectivity index (χ4n) is 4.42. The Balaban J connectivity index is 1.34. The van der Waals surface area contributed by atoms with E-state index in [0.29, 0.717) is 48.1 Å². The molecule has 12 heteroatoms. The molecule has 3 aromatic rings. The molecule has 0 spiro atoms. The van der Waals surface area contributed by atoms with Crippen molar-refractivity contribution in [3.05, 3.63) is 58.1 Å². The summed E-state index contributed by atoms with van der Waals surface area (Å²) in [5.74, 6) is -0.0817. The SMILES string of the molecule is Cc1cc(-c2nnn(CC3CCC(NC(=O)CCN)CC3)n2)cc(C(=O)NCc2ccc(F)c(Cl)c2)n1. The summed E-state index contributed by atoms with van der Waals surface area (Å²) in [5, 5.41) is 18.7. The summed E-state index contributed by atoms with van der Waals surface area (Å²) in [6, 6.07) is 7.90. The summed E-state index contributed by atoms with van der Waals surface area (Å²) >= 11 is 5.81. The Morgan fingerprint density at radius 1 is 1.19 bits per heavy atom. The average molecular weight is 529 g/mol. The molecule has 1 aliphatic rings. The van der Waals surface area contributed by atoms with Gasteiger partial charge in [-0.1, -0.05) is 17.7 Å². The topological polar surface area (TPSA) is 141 Å². The Bertz CT molecular complexity index is 1260. The van der Waals surface area contributed by atoms with Gasteiger partial charge in [-0.15, -0.1) is 10.2 Å². The third-order valence-electron chi connectivity index (χ3n) is 6.34. The molecule has 2 amide bonds. The zero-order valence-electron chi connectivity index (χ0n) is 20.6. The molecule has 4 N–H and O–H groups in total. The van der Waals surface area contributed by atoms with E-state index in [2.05, 4.69) is 31.0 Å². The van der Waals surface area contributed by atoms with E-state index in [1.54, 1.807) is 29.9 Å². The van der Waals surface area contributed by atoms with Crippen molar-refractivity contribution in [2.75, 3.05) is 6.54 Å². The number of aryl methyl sites for hydroxylation is 1.